The van der Waals surface area contributed by atoms with Crippen LogP contribution in [0.4, 0.5) is 13.2 Å². The first-order chi connectivity index (χ1) is 10.1. The van der Waals surface area contributed by atoms with Gasteiger partial charge in [0, 0.05) is 5.92 Å². The van der Waals surface area contributed by atoms with E-state index in [1.54, 1.807) is 0 Å². The van der Waals surface area contributed by atoms with Crippen molar-refractivity contribution in [1.29, 1.82) is 0 Å². The Hall–Kier alpha value is -1.60. The number of aromatic nitrogens is 2. The molecule has 0 bridgehead atoms. The van der Waals surface area contributed by atoms with Crippen LogP contribution in [0.3, 0.4) is 0 Å². The Bertz CT molecular complexity index is 540. The zero-order valence-corrected chi connectivity index (χ0v) is 12.8. The minimum absolute atomic E-state index is 0.0909. The summed E-state index contributed by atoms with van der Waals surface area (Å²) < 4.78 is 41.5. The molecular weight excluding hydrogens is 299 g/mol. The molecule has 2 unspecified atom stereocenters. The van der Waals surface area contributed by atoms with Gasteiger partial charge in [-0.3, -0.25) is 4.79 Å². The fourth-order valence-corrected chi connectivity index (χ4v) is 3.29. The van der Waals surface area contributed by atoms with Gasteiger partial charge >= 0.3 is 6.18 Å². The second kappa shape index (κ2) is 5.89. The van der Waals surface area contributed by atoms with Gasteiger partial charge in [0.05, 0.1) is 6.54 Å². The molecule has 1 aliphatic carbocycles. The molecule has 0 saturated heterocycles. The number of hydrogen-bond acceptors (Lipinski definition) is 4. The Labute approximate surface area is 126 Å². The van der Waals surface area contributed by atoms with Gasteiger partial charge in [-0.2, -0.15) is 18.2 Å². The number of carbonyl (C=O) groups is 1. The van der Waals surface area contributed by atoms with Gasteiger partial charge in [-0.05, 0) is 30.6 Å². The van der Waals surface area contributed by atoms with Crippen molar-refractivity contribution in [2.45, 2.75) is 52.8 Å². The highest BCUT2D eigenvalue weighted by Gasteiger charge is 2.38. The van der Waals surface area contributed by atoms with Crippen LogP contribution >= 0.6 is 0 Å². The molecule has 124 valence electrons. The van der Waals surface area contributed by atoms with Crippen molar-refractivity contribution in [3.05, 3.63) is 11.7 Å². The van der Waals surface area contributed by atoms with Crippen molar-refractivity contribution in [2.75, 3.05) is 0 Å². The molecule has 1 aromatic heterocycles. The molecule has 1 fully saturated rings. The van der Waals surface area contributed by atoms with Gasteiger partial charge in [-0.25, -0.2) is 0 Å². The van der Waals surface area contributed by atoms with E-state index in [0.29, 0.717) is 5.92 Å². The molecule has 22 heavy (non-hydrogen) atoms. The van der Waals surface area contributed by atoms with Crippen LogP contribution in [0.5, 0.6) is 0 Å². The zero-order valence-electron chi connectivity index (χ0n) is 12.8. The molecule has 1 aliphatic rings. The first kappa shape index (κ1) is 16.8. The smallest absolute Gasteiger partial charge is 0.347 e. The molecule has 0 spiro atoms. The van der Waals surface area contributed by atoms with Crippen molar-refractivity contribution in [2.24, 2.45) is 17.3 Å². The van der Waals surface area contributed by atoms with E-state index in [0.717, 1.165) is 19.3 Å². The van der Waals surface area contributed by atoms with Crippen LogP contribution in [0.2, 0.25) is 0 Å². The summed E-state index contributed by atoms with van der Waals surface area (Å²) in [4.78, 5) is 15.4. The van der Waals surface area contributed by atoms with Crippen molar-refractivity contribution >= 4 is 5.91 Å². The highest BCUT2D eigenvalue weighted by Crippen LogP contribution is 2.41. The Morgan fingerprint density at radius 2 is 2.09 bits per heavy atom. The summed E-state index contributed by atoms with van der Waals surface area (Å²) in [5.74, 6) is -1.44. The first-order valence-corrected chi connectivity index (χ1v) is 7.24. The van der Waals surface area contributed by atoms with E-state index in [1.165, 1.54) is 0 Å². The molecule has 2 atom stereocenters. The minimum atomic E-state index is -4.64. The largest absolute Gasteiger partial charge is 0.455 e. The van der Waals surface area contributed by atoms with Gasteiger partial charge in [0.1, 0.15) is 0 Å². The van der Waals surface area contributed by atoms with E-state index >= 15 is 0 Å². The van der Waals surface area contributed by atoms with Crippen LogP contribution in [0.1, 0.15) is 51.7 Å². The summed E-state index contributed by atoms with van der Waals surface area (Å²) in [6.07, 6.45) is -2.03. The van der Waals surface area contributed by atoms with Crippen LogP contribution in [-0.4, -0.2) is 16.0 Å². The number of nitrogens with one attached hydrogen (secondary N) is 1. The fourth-order valence-electron chi connectivity index (χ4n) is 3.29. The maximum absolute atomic E-state index is 12.3. The van der Waals surface area contributed by atoms with Crippen LogP contribution in [0.15, 0.2) is 4.52 Å². The SMILES string of the molecule is CC1CC(C(=O)NCc2nc(C(F)(F)F)no2)CC(C)(C)C1. The van der Waals surface area contributed by atoms with Crippen molar-refractivity contribution in [3.8, 4) is 0 Å². The molecule has 8 heteroatoms. The Morgan fingerprint density at radius 3 is 2.64 bits per heavy atom. The number of amides is 1. The number of alkyl halides is 3. The van der Waals surface area contributed by atoms with Crippen molar-refractivity contribution in [3.63, 3.8) is 0 Å². The molecule has 1 heterocycles. The summed E-state index contributed by atoms with van der Waals surface area (Å²) in [6, 6.07) is 0. The predicted octanol–water partition coefficient (Wildman–Crippen LogP) is 3.17. The Balaban J connectivity index is 1.91. The normalized spacial score (nSPS) is 25.0. The quantitative estimate of drug-likeness (QED) is 0.929. The Kier molecular flexibility index (Phi) is 4.49. The number of nitrogens with zero attached hydrogens (tertiary/aromatic N) is 2. The number of hydrogen-bond donors (Lipinski definition) is 1. The van der Waals surface area contributed by atoms with Crippen LogP contribution in [-0.2, 0) is 17.5 Å². The summed E-state index contributed by atoms with van der Waals surface area (Å²) in [5, 5.41) is 5.44. The standard InChI is InChI=1S/C14H20F3N3O2/c1-8-4-9(6-13(2,3)5-8)11(21)18-7-10-19-12(20-22-10)14(15,16)17/h8-9H,4-7H2,1-3H3,(H,18,21). The molecule has 1 aromatic rings. The lowest BCUT2D eigenvalue weighted by Gasteiger charge is -2.38. The van der Waals surface area contributed by atoms with Gasteiger partial charge < -0.3 is 9.84 Å². The minimum Gasteiger partial charge on any atom is -0.347 e. The van der Waals surface area contributed by atoms with Gasteiger partial charge in [0.25, 0.3) is 5.82 Å². The van der Waals surface area contributed by atoms with E-state index in [9.17, 15) is 18.0 Å². The van der Waals surface area contributed by atoms with Crippen LogP contribution in [0.25, 0.3) is 0 Å². The summed E-state index contributed by atoms with van der Waals surface area (Å²) in [7, 11) is 0. The number of carbonyl (C=O) groups excluding carboxylic acids is 1. The lowest BCUT2D eigenvalue weighted by Crippen LogP contribution is -2.38. The van der Waals surface area contributed by atoms with Crippen LogP contribution < -0.4 is 5.32 Å². The third kappa shape index (κ3) is 4.20. The molecule has 5 nitrogen and oxygen atoms in total. The number of halogens is 3. The number of rotatable bonds is 3. The van der Waals surface area contributed by atoms with E-state index < -0.39 is 12.0 Å². The molecule has 1 amide bonds. The predicted molar refractivity (Wildman–Crippen MR) is 71.4 cm³/mol. The monoisotopic (exact) mass is 319 g/mol. The zero-order chi connectivity index (χ0) is 16.5. The lowest BCUT2D eigenvalue weighted by molar-refractivity contribution is -0.146. The average molecular weight is 319 g/mol. The van der Waals surface area contributed by atoms with Gasteiger partial charge in [0.15, 0.2) is 0 Å². The topological polar surface area (TPSA) is 68.0 Å². The molecule has 1 saturated carbocycles. The van der Waals surface area contributed by atoms with E-state index in [2.05, 4.69) is 40.8 Å². The molecule has 1 N–H and O–H groups in total. The summed E-state index contributed by atoms with van der Waals surface area (Å²) >= 11 is 0. The first-order valence-electron chi connectivity index (χ1n) is 7.24. The molecular formula is C14H20F3N3O2. The molecule has 0 radical (unpaired) electrons. The second-order valence-electron chi connectivity index (χ2n) is 6.84. The van der Waals surface area contributed by atoms with E-state index in [4.69, 9.17) is 0 Å². The van der Waals surface area contributed by atoms with Gasteiger partial charge in [-0.15, -0.1) is 0 Å². The van der Waals surface area contributed by atoms with Gasteiger partial charge in [-0.1, -0.05) is 25.9 Å². The molecule has 0 aromatic carbocycles. The van der Waals surface area contributed by atoms with Crippen LogP contribution in [0, 0.1) is 17.3 Å². The van der Waals surface area contributed by atoms with Crippen molar-refractivity contribution < 1.29 is 22.5 Å². The second-order valence-corrected chi connectivity index (χ2v) is 6.84. The summed E-state index contributed by atoms with van der Waals surface area (Å²) in [5.41, 5.74) is 0.0909. The third-order valence-electron chi connectivity index (χ3n) is 3.89. The summed E-state index contributed by atoms with van der Waals surface area (Å²) in [6.45, 7) is 6.16. The van der Waals surface area contributed by atoms with E-state index in [1.807, 2.05) is 0 Å². The maximum atomic E-state index is 12.3. The average Bonchev–Trinajstić information content (AvgIpc) is 2.82. The van der Waals surface area contributed by atoms with Gasteiger partial charge in [0.2, 0.25) is 11.8 Å². The maximum Gasteiger partial charge on any atom is 0.455 e. The molecule has 2 rings (SSSR count). The lowest BCUT2D eigenvalue weighted by atomic mass is 9.68. The van der Waals surface area contributed by atoms with E-state index in [-0.39, 0.29) is 29.7 Å². The Morgan fingerprint density at radius 1 is 1.41 bits per heavy atom. The third-order valence-corrected chi connectivity index (χ3v) is 3.89. The molecule has 0 aliphatic heterocycles. The van der Waals surface area contributed by atoms with Crippen molar-refractivity contribution in [1.82, 2.24) is 15.5 Å². The fraction of sp³-hybridized carbons (Fsp3) is 0.786. The highest BCUT2D eigenvalue weighted by molar-refractivity contribution is 5.78. The highest BCUT2D eigenvalue weighted by atomic mass is 19.4.